The van der Waals surface area contributed by atoms with Gasteiger partial charge in [0.2, 0.25) is 0 Å². The third-order valence-corrected chi connectivity index (χ3v) is 11.9. The molecule has 59 heavy (non-hydrogen) atoms. The summed E-state index contributed by atoms with van der Waals surface area (Å²) >= 11 is 20.5. The molecule has 1 aliphatic heterocycles. The maximum atomic E-state index is 6.47. The number of nitrogens with two attached hydrogens (primary N) is 1. The summed E-state index contributed by atoms with van der Waals surface area (Å²) in [5, 5.41) is 4.62. The minimum atomic E-state index is 0.328. The van der Waals surface area contributed by atoms with Crippen LogP contribution in [0.2, 0.25) is 10.0 Å². The van der Waals surface area contributed by atoms with Crippen LogP contribution >= 0.6 is 84.3 Å². The summed E-state index contributed by atoms with van der Waals surface area (Å²) in [4.78, 5) is 47.0. The third kappa shape index (κ3) is 9.02. The summed E-state index contributed by atoms with van der Waals surface area (Å²) in [6.45, 7) is 0.744. The van der Waals surface area contributed by atoms with Crippen LogP contribution in [0.4, 0.5) is 11.5 Å². The highest BCUT2D eigenvalue weighted by atomic mass is 127. The number of aliphatic imine (C=N–C) groups is 1. The summed E-state index contributed by atoms with van der Waals surface area (Å²) < 4.78 is 2.89. The molecular weight excluding hydrogens is 1080 g/mol. The molecular formula is C41H28BrCl2I2N13. The first-order valence-electron chi connectivity index (χ1n) is 17.8. The van der Waals surface area contributed by atoms with E-state index in [2.05, 4.69) is 106 Å². The lowest BCUT2D eigenvalue weighted by Crippen LogP contribution is -2.08. The molecule has 0 amide bonds. The van der Waals surface area contributed by atoms with Crippen molar-refractivity contribution in [1.29, 1.82) is 0 Å². The van der Waals surface area contributed by atoms with Crippen LogP contribution in [0, 0.1) is 7.14 Å². The van der Waals surface area contributed by atoms with Crippen LogP contribution in [0.1, 0.15) is 17.1 Å². The van der Waals surface area contributed by atoms with Crippen LogP contribution in [0.5, 0.6) is 0 Å². The maximum absolute atomic E-state index is 6.47. The fourth-order valence-corrected chi connectivity index (χ4v) is 8.20. The van der Waals surface area contributed by atoms with E-state index in [4.69, 9.17) is 43.9 Å². The number of H-pyrrole nitrogens is 1. The Labute approximate surface area is 382 Å². The van der Waals surface area contributed by atoms with Crippen LogP contribution in [0.15, 0.2) is 114 Å². The van der Waals surface area contributed by atoms with Crippen LogP contribution in [0.3, 0.4) is 0 Å². The summed E-state index contributed by atoms with van der Waals surface area (Å²) in [6.07, 6.45) is 7.28. The van der Waals surface area contributed by atoms with Gasteiger partial charge in [-0.3, -0.25) is 4.99 Å². The molecule has 4 aromatic carbocycles. The van der Waals surface area contributed by atoms with Crippen molar-refractivity contribution in [1.82, 2.24) is 49.8 Å². The Morgan fingerprint density at radius 3 is 1.93 bits per heavy atom. The van der Waals surface area contributed by atoms with Gasteiger partial charge < -0.3 is 16.0 Å². The molecule has 4 N–H and O–H groups in total. The van der Waals surface area contributed by atoms with Crippen molar-refractivity contribution >= 4 is 135 Å². The monoisotopic (exact) mass is 1100 g/mol. The quantitative estimate of drug-likeness (QED) is 0.106. The average molecular weight is 1110 g/mol. The number of fused-ring (bicyclic) bond motifs is 4. The lowest BCUT2D eigenvalue weighted by molar-refractivity contribution is 0.991. The molecule has 6 heterocycles. The fourth-order valence-electron chi connectivity index (χ4n) is 6.12. The van der Waals surface area contributed by atoms with Crippen molar-refractivity contribution in [2.24, 2.45) is 10.7 Å². The van der Waals surface area contributed by atoms with Gasteiger partial charge in [0, 0.05) is 37.4 Å². The normalized spacial score (nSPS) is 11.6. The topological polar surface area (TPSA) is 182 Å². The van der Waals surface area contributed by atoms with Crippen molar-refractivity contribution in [2.45, 2.75) is 19.5 Å². The van der Waals surface area contributed by atoms with Gasteiger partial charge >= 0.3 is 0 Å². The standard InChI is InChI=1S/C20H13ClIN7.C15H11ClIN3.C6H4BrN3/c21-12-5-2-1-4-11(12)16-15(29-17-13(22)6-3-7-14(17)28-16)8-23-19-18-20(25-9-24-18)27-10-26-19;16-10-5-2-1-4-9(10)14-13(8-18)20-15-11(17)6-3-7-12(15)19-14;7-6-5-4(1-2-8-5)9-3-10-6/h1-7,9-10H,8H2,(H2,23,24,25,26,27);1-7H,8,18H2;2-3H,1H2. The van der Waals surface area contributed by atoms with Crippen molar-refractivity contribution in [3.05, 3.63) is 143 Å². The number of aromatic nitrogens is 10. The lowest BCUT2D eigenvalue weighted by Gasteiger charge is -2.13. The molecule has 0 saturated heterocycles. The molecule has 292 valence electrons. The van der Waals surface area contributed by atoms with Gasteiger partial charge in [0.1, 0.15) is 39.5 Å². The summed E-state index contributed by atoms with van der Waals surface area (Å²) in [5.74, 6) is 0.655. The second kappa shape index (κ2) is 18.6. The van der Waals surface area contributed by atoms with Crippen LogP contribution in [0.25, 0.3) is 55.7 Å². The molecule has 0 fully saturated rings. The number of halogens is 5. The molecule has 18 heteroatoms. The Bertz CT molecular complexity index is 3020. The van der Waals surface area contributed by atoms with E-state index >= 15 is 0 Å². The first-order valence-corrected chi connectivity index (χ1v) is 21.5. The van der Waals surface area contributed by atoms with Gasteiger partial charge in [0.05, 0.1) is 62.4 Å². The van der Waals surface area contributed by atoms with Crippen LogP contribution in [-0.4, -0.2) is 56.1 Å². The molecule has 0 bridgehead atoms. The Hall–Kier alpha value is -4.86. The molecule has 10 rings (SSSR count). The number of nitrogens with zero attached hydrogens (tertiary/aromatic N) is 10. The van der Waals surface area contributed by atoms with Gasteiger partial charge in [0.15, 0.2) is 11.5 Å². The van der Waals surface area contributed by atoms with E-state index in [-0.39, 0.29) is 0 Å². The highest BCUT2D eigenvalue weighted by Crippen LogP contribution is 2.33. The molecule has 1 aliphatic rings. The Balaban J connectivity index is 0.000000138. The van der Waals surface area contributed by atoms with Gasteiger partial charge in [0.25, 0.3) is 0 Å². The second-order valence-electron chi connectivity index (χ2n) is 12.6. The number of imidazole rings is 1. The molecule has 0 radical (unpaired) electrons. The van der Waals surface area contributed by atoms with E-state index in [0.29, 0.717) is 34.6 Å². The average Bonchev–Trinajstić information content (AvgIpc) is 3.95. The summed E-state index contributed by atoms with van der Waals surface area (Å²) in [5.41, 5.74) is 17.2. The molecule has 0 spiro atoms. The van der Waals surface area contributed by atoms with E-state index in [0.717, 1.165) is 91.0 Å². The first-order chi connectivity index (χ1) is 28.8. The number of hydrogen-bond donors (Lipinski definition) is 3. The summed E-state index contributed by atoms with van der Waals surface area (Å²) in [7, 11) is 0. The Morgan fingerprint density at radius 2 is 1.31 bits per heavy atom. The number of rotatable bonds is 6. The van der Waals surface area contributed by atoms with Gasteiger partial charge in [-0.15, -0.1) is 0 Å². The minimum absolute atomic E-state index is 0.328. The van der Waals surface area contributed by atoms with E-state index in [1.165, 1.54) is 12.7 Å². The zero-order chi connectivity index (χ0) is 40.9. The smallest absolute Gasteiger partial charge is 0.182 e. The first kappa shape index (κ1) is 40.9. The van der Waals surface area contributed by atoms with Crippen molar-refractivity contribution < 1.29 is 0 Å². The van der Waals surface area contributed by atoms with Gasteiger partial charge in [-0.2, -0.15) is 0 Å². The number of nitrogens with one attached hydrogen (secondary N) is 2. The number of anilines is 1. The minimum Gasteiger partial charge on any atom is -0.362 e. The lowest BCUT2D eigenvalue weighted by atomic mass is 10.1. The van der Waals surface area contributed by atoms with Gasteiger partial charge in [-0.1, -0.05) is 71.7 Å². The van der Waals surface area contributed by atoms with Crippen molar-refractivity contribution in [3.8, 4) is 22.5 Å². The van der Waals surface area contributed by atoms with Crippen molar-refractivity contribution in [3.63, 3.8) is 0 Å². The van der Waals surface area contributed by atoms with Gasteiger partial charge in [-0.25, -0.2) is 44.9 Å². The van der Waals surface area contributed by atoms with Crippen LogP contribution < -0.4 is 11.1 Å². The molecule has 0 unspecified atom stereocenters. The predicted octanol–water partition coefficient (Wildman–Crippen LogP) is 10.3. The molecule has 9 aromatic rings. The van der Waals surface area contributed by atoms with Gasteiger partial charge in [-0.05, 0) is 97.5 Å². The zero-order valence-corrected chi connectivity index (χ0v) is 37.9. The molecule has 13 nitrogen and oxygen atoms in total. The number of aromatic amines is 1. The highest BCUT2D eigenvalue weighted by molar-refractivity contribution is 14.1. The second-order valence-corrected chi connectivity index (χ2v) is 16.5. The Morgan fingerprint density at radius 1 is 0.695 bits per heavy atom. The number of hydrogen-bond acceptors (Lipinski definition) is 12. The number of benzene rings is 4. The fraction of sp³-hybridized carbons (Fsp3) is 0.0732. The molecule has 0 aliphatic carbocycles. The number of para-hydroxylation sites is 2. The van der Waals surface area contributed by atoms with Crippen LogP contribution in [-0.2, 0) is 19.5 Å². The SMILES string of the molecule is Brc1ncnc2c1N=CC2.Clc1ccccc1-c1nc2cccc(I)c2nc1CNc1ncnc2nc[nH]c12.NCc1nc2c(I)cccc2nc1-c1ccccc1Cl. The van der Waals surface area contributed by atoms with E-state index in [1.54, 1.807) is 6.33 Å². The van der Waals surface area contributed by atoms with Crippen molar-refractivity contribution in [2.75, 3.05) is 5.32 Å². The van der Waals surface area contributed by atoms with E-state index in [1.807, 2.05) is 91.1 Å². The molecule has 0 atom stereocenters. The summed E-state index contributed by atoms with van der Waals surface area (Å²) in [6, 6.07) is 27.1. The zero-order valence-electron chi connectivity index (χ0n) is 30.5. The molecule has 5 aromatic heterocycles. The van der Waals surface area contributed by atoms with E-state index < -0.39 is 0 Å². The van der Waals surface area contributed by atoms with E-state index in [9.17, 15) is 0 Å². The Kier molecular flexibility index (Phi) is 12.9. The third-order valence-electron chi connectivity index (χ3n) is 8.89. The highest BCUT2D eigenvalue weighted by Gasteiger charge is 2.17. The molecule has 0 saturated carbocycles. The largest absolute Gasteiger partial charge is 0.362 e. The maximum Gasteiger partial charge on any atom is 0.182 e. The predicted molar refractivity (Wildman–Crippen MR) is 254 cm³/mol.